The standard InChI is InChI=1S/C26H35ClN2O4/c1-25(2,3)16-18-9-12-23(19(14-18)17-26(4,5)6)33-13-7-8-24(30)28-20-10-11-21(27)22(15-20)29(31)32/h9-12,14-15H,7-8,13,16-17H2,1-6H3,(H,28,30). The lowest BCUT2D eigenvalue weighted by molar-refractivity contribution is -0.384. The Labute approximate surface area is 201 Å². The maximum absolute atomic E-state index is 12.3. The zero-order valence-corrected chi connectivity index (χ0v) is 21.2. The van der Waals surface area contributed by atoms with Crippen molar-refractivity contribution in [3.8, 4) is 5.75 Å². The minimum atomic E-state index is -0.576. The summed E-state index contributed by atoms with van der Waals surface area (Å²) >= 11 is 5.81. The largest absolute Gasteiger partial charge is 0.493 e. The van der Waals surface area contributed by atoms with Crippen molar-refractivity contribution in [2.75, 3.05) is 11.9 Å². The van der Waals surface area contributed by atoms with Crippen LogP contribution in [0.2, 0.25) is 5.02 Å². The van der Waals surface area contributed by atoms with E-state index < -0.39 is 4.92 Å². The van der Waals surface area contributed by atoms with Crippen LogP contribution in [-0.2, 0) is 17.6 Å². The van der Waals surface area contributed by atoms with Crippen LogP contribution in [0.4, 0.5) is 11.4 Å². The molecule has 0 radical (unpaired) electrons. The van der Waals surface area contributed by atoms with Crippen LogP contribution in [0.1, 0.15) is 65.5 Å². The predicted molar refractivity (Wildman–Crippen MR) is 134 cm³/mol. The summed E-state index contributed by atoms with van der Waals surface area (Å²) in [4.78, 5) is 22.7. The third-order valence-corrected chi connectivity index (χ3v) is 5.13. The van der Waals surface area contributed by atoms with Gasteiger partial charge < -0.3 is 10.1 Å². The Hall–Kier alpha value is -2.60. The molecule has 1 amide bonds. The van der Waals surface area contributed by atoms with Crippen LogP contribution < -0.4 is 10.1 Å². The van der Waals surface area contributed by atoms with E-state index in [2.05, 4.69) is 59.0 Å². The molecule has 33 heavy (non-hydrogen) atoms. The molecule has 0 saturated heterocycles. The number of anilines is 1. The number of carbonyl (C=O) groups excluding carboxylic acids is 1. The predicted octanol–water partition coefficient (Wildman–Crippen LogP) is 7.22. The number of nitrogens with zero attached hydrogens (tertiary/aromatic N) is 1. The van der Waals surface area contributed by atoms with E-state index in [1.54, 1.807) is 6.07 Å². The molecule has 1 N–H and O–H groups in total. The van der Waals surface area contributed by atoms with E-state index in [1.165, 1.54) is 23.3 Å². The Morgan fingerprint density at radius 3 is 2.30 bits per heavy atom. The first kappa shape index (κ1) is 26.7. The molecule has 0 unspecified atom stereocenters. The van der Waals surface area contributed by atoms with Gasteiger partial charge in [-0.2, -0.15) is 0 Å². The summed E-state index contributed by atoms with van der Waals surface area (Å²) in [5.41, 5.74) is 2.92. The molecule has 0 spiro atoms. The monoisotopic (exact) mass is 474 g/mol. The van der Waals surface area contributed by atoms with Gasteiger partial charge in [-0.15, -0.1) is 0 Å². The SMILES string of the molecule is CC(C)(C)Cc1ccc(OCCCC(=O)Nc2ccc(Cl)c([N+](=O)[O-])c2)c(CC(C)(C)C)c1. The number of hydrogen-bond donors (Lipinski definition) is 1. The van der Waals surface area contributed by atoms with E-state index >= 15 is 0 Å². The fourth-order valence-electron chi connectivity index (χ4n) is 3.57. The van der Waals surface area contributed by atoms with Gasteiger partial charge in [-0.05, 0) is 59.4 Å². The summed E-state index contributed by atoms with van der Waals surface area (Å²) in [6.45, 7) is 13.7. The molecule has 0 fully saturated rings. The summed E-state index contributed by atoms with van der Waals surface area (Å²) in [6, 6.07) is 10.6. The highest BCUT2D eigenvalue weighted by molar-refractivity contribution is 6.32. The van der Waals surface area contributed by atoms with E-state index in [4.69, 9.17) is 16.3 Å². The normalized spacial score (nSPS) is 11.8. The maximum Gasteiger partial charge on any atom is 0.289 e. The van der Waals surface area contributed by atoms with E-state index in [0.717, 1.165) is 18.6 Å². The molecule has 180 valence electrons. The third-order valence-electron chi connectivity index (χ3n) is 4.81. The summed E-state index contributed by atoms with van der Waals surface area (Å²) in [5, 5.41) is 13.7. The molecular formula is C26H35ClN2O4. The minimum absolute atomic E-state index is 0.0333. The molecule has 0 aliphatic heterocycles. The second-order valence-electron chi connectivity index (χ2n) is 10.8. The van der Waals surface area contributed by atoms with Gasteiger partial charge in [0.2, 0.25) is 5.91 Å². The van der Waals surface area contributed by atoms with Crippen LogP contribution in [0.25, 0.3) is 0 Å². The van der Waals surface area contributed by atoms with Crippen molar-refractivity contribution in [3.63, 3.8) is 0 Å². The van der Waals surface area contributed by atoms with Gasteiger partial charge in [0.25, 0.3) is 5.69 Å². The first-order valence-corrected chi connectivity index (χ1v) is 11.6. The number of nitro groups is 1. The van der Waals surface area contributed by atoms with Crippen LogP contribution in [0.3, 0.4) is 0 Å². The number of nitrogens with one attached hydrogen (secondary N) is 1. The molecule has 2 aromatic carbocycles. The average molecular weight is 475 g/mol. The molecule has 0 atom stereocenters. The smallest absolute Gasteiger partial charge is 0.289 e. The number of nitro benzene ring substituents is 1. The van der Waals surface area contributed by atoms with E-state index in [-0.39, 0.29) is 33.9 Å². The van der Waals surface area contributed by atoms with Crippen molar-refractivity contribution in [3.05, 3.63) is 62.7 Å². The Balaban J connectivity index is 1.95. The van der Waals surface area contributed by atoms with Crippen LogP contribution >= 0.6 is 11.6 Å². The van der Waals surface area contributed by atoms with Gasteiger partial charge in [0.1, 0.15) is 10.8 Å². The first-order valence-electron chi connectivity index (χ1n) is 11.2. The lowest BCUT2D eigenvalue weighted by atomic mass is 9.84. The van der Waals surface area contributed by atoms with Crippen molar-refractivity contribution in [2.24, 2.45) is 10.8 Å². The fraction of sp³-hybridized carbons (Fsp3) is 0.500. The highest BCUT2D eigenvalue weighted by atomic mass is 35.5. The third kappa shape index (κ3) is 9.42. The van der Waals surface area contributed by atoms with Gasteiger partial charge in [-0.25, -0.2) is 0 Å². The number of ether oxygens (including phenoxy) is 1. The average Bonchev–Trinajstić information content (AvgIpc) is 2.65. The minimum Gasteiger partial charge on any atom is -0.493 e. The quantitative estimate of drug-likeness (QED) is 0.236. The van der Waals surface area contributed by atoms with Crippen molar-refractivity contribution in [1.29, 1.82) is 0 Å². The highest BCUT2D eigenvalue weighted by Crippen LogP contribution is 2.31. The van der Waals surface area contributed by atoms with E-state index in [1.807, 2.05) is 6.07 Å². The maximum atomic E-state index is 12.3. The van der Waals surface area contributed by atoms with Crippen molar-refractivity contribution in [1.82, 2.24) is 0 Å². The molecule has 0 aliphatic rings. The van der Waals surface area contributed by atoms with Gasteiger partial charge in [0.05, 0.1) is 11.5 Å². The zero-order valence-electron chi connectivity index (χ0n) is 20.5. The molecule has 0 saturated carbocycles. The van der Waals surface area contributed by atoms with Gasteiger partial charge >= 0.3 is 0 Å². The summed E-state index contributed by atoms with van der Waals surface area (Å²) in [6.07, 6.45) is 2.66. The molecule has 2 rings (SSSR count). The number of halogens is 1. The highest BCUT2D eigenvalue weighted by Gasteiger charge is 2.18. The zero-order chi connectivity index (χ0) is 24.8. The molecule has 0 bridgehead atoms. The van der Waals surface area contributed by atoms with Crippen molar-refractivity contribution >= 4 is 28.9 Å². The number of carbonyl (C=O) groups is 1. The molecular weight excluding hydrogens is 440 g/mol. The van der Waals surface area contributed by atoms with Crippen LogP contribution in [0.5, 0.6) is 5.75 Å². The second kappa shape index (κ2) is 11.0. The van der Waals surface area contributed by atoms with Gasteiger partial charge in [0.15, 0.2) is 0 Å². The Morgan fingerprint density at radius 1 is 1.03 bits per heavy atom. The molecule has 0 aromatic heterocycles. The molecule has 0 heterocycles. The molecule has 6 nitrogen and oxygen atoms in total. The number of hydrogen-bond acceptors (Lipinski definition) is 4. The summed E-state index contributed by atoms with van der Waals surface area (Å²) < 4.78 is 6.05. The Bertz CT molecular complexity index is 991. The Morgan fingerprint density at radius 2 is 1.70 bits per heavy atom. The molecule has 7 heteroatoms. The fourth-order valence-corrected chi connectivity index (χ4v) is 3.76. The first-order chi connectivity index (χ1) is 15.2. The Kier molecular flexibility index (Phi) is 8.89. The summed E-state index contributed by atoms with van der Waals surface area (Å²) in [7, 11) is 0. The van der Waals surface area contributed by atoms with Gasteiger partial charge in [-0.3, -0.25) is 14.9 Å². The second-order valence-corrected chi connectivity index (χ2v) is 11.2. The lowest BCUT2D eigenvalue weighted by Gasteiger charge is -2.23. The topological polar surface area (TPSA) is 81.5 Å². The van der Waals surface area contributed by atoms with Crippen LogP contribution in [0, 0.1) is 20.9 Å². The number of benzene rings is 2. The number of rotatable bonds is 9. The summed E-state index contributed by atoms with van der Waals surface area (Å²) in [5.74, 6) is 0.627. The van der Waals surface area contributed by atoms with E-state index in [0.29, 0.717) is 18.7 Å². The van der Waals surface area contributed by atoms with Crippen molar-refractivity contribution in [2.45, 2.75) is 67.2 Å². The van der Waals surface area contributed by atoms with E-state index in [9.17, 15) is 14.9 Å². The van der Waals surface area contributed by atoms with Gasteiger partial charge in [0, 0.05) is 18.2 Å². The number of amides is 1. The molecule has 0 aliphatic carbocycles. The lowest BCUT2D eigenvalue weighted by Crippen LogP contribution is -2.14. The molecule has 2 aromatic rings. The van der Waals surface area contributed by atoms with Gasteiger partial charge in [-0.1, -0.05) is 65.3 Å². The van der Waals surface area contributed by atoms with Crippen LogP contribution in [-0.4, -0.2) is 17.4 Å². The van der Waals surface area contributed by atoms with Crippen molar-refractivity contribution < 1.29 is 14.5 Å². The van der Waals surface area contributed by atoms with Crippen LogP contribution in [0.15, 0.2) is 36.4 Å².